The van der Waals surface area contributed by atoms with Crippen LogP contribution in [0, 0.1) is 11.6 Å². The van der Waals surface area contributed by atoms with E-state index in [0.717, 1.165) is 23.1 Å². The molecule has 5 nitrogen and oxygen atoms in total. The molecule has 3 amide bonds. The zero-order valence-corrected chi connectivity index (χ0v) is 12.4. The quantitative estimate of drug-likeness (QED) is 0.818. The van der Waals surface area contributed by atoms with Crippen molar-refractivity contribution in [3.63, 3.8) is 0 Å². The maximum Gasteiger partial charge on any atom is 0.325 e. The molecule has 0 saturated carbocycles. The summed E-state index contributed by atoms with van der Waals surface area (Å²) in [6, 6.07) is 2.04. The Morgan fingerprint density at radius 2 is 1.91 bits per heavy atom. The van der Waals surface area contributed by atoms with Gasteiger partial charge in [-0.15, -0.1) is 0 Å². The molecule has 1 aromatic rings. The summed E-state index contributed by atoms with van der Waals surface area (Å²) in [5.74, 6) is -1.96. The van der Waals surface area contributed by atoms with Gasteiger partial charge in [0.1, 0.15) is 23.3 Å². The van der Waals surface area contributed by atoms with E-state index < -0.39 is 41.8 Å². The summed E-state index contributed by atoms with van der Waals surface area (Å²) >= 11 is 0. The van der Waals surface area contributed by atoms with Crippen molar-refractivity contribution in [2.45, 2.75) is 38.3 Å². The van der Waals surface area contributed by atoms with Gasteiger partial charge >= 0.3 is 6.03 Å². The molecule has 0 aromatic heterocycles. The maximum absolute atomic E-state index is 13.6. The minimum Gasteiger partial charge on any atom is -0.386 e. The standard InChI is InChI=1S/C15H18F2N2O3/c1-3-15(4-2)13(21)19(14(22)18-15)8-12(20)10-7-9(16)5-6-11(10)17/h5-7,12,20H,3-4,8H2,1-2H3,(H,18,22)/t12-/m1/s1. The number of hydrogen-bond donors (Lipinski definition) is 2. The van der Waals surface area contributed by atoms with E-state index >= 15 is 0 Å². The molecule has 22 heavy (non-hydrogen) atoms. The molecule has 1 atom stereocenters. The Hall–Kier alpha value is -2.02. The van der Waals surface area contributed by atoms with Gasteiger partial charge in [0.05, 0.1) is 6.54 Å². The minimum atomic E-state index is -1.49. The van der Waals surface area contributed by atoms with E-state index in [1.54, 1.807) is 13.8 Å². The predicted molar refractivity (Wildman–Crippen MR) is 74.9 cm³/mol. The highest BCUT2D eigenvalue weighted by Gasteiger charge is 2.49. The first-order valence-corrected chi connectivity index (χ1v) is 7.11. The van der Waals surface area contributed by atoms with Gasteiger partial charge in [-0.1, -0.05) is 13.8 Å². The van der Waals surface area contributed by atoms with Crippen LogP contribution in [-0.4, -0.2) is 34.0 Å². The summed E-state index contributed by atoms with van der Waals surface area (Å²) in [5.41, 5.74) is -1.27. The first kappa shape index (κ1) is 16.4. The Labute approximate surface area is 126 Å². The fraction of sp³-hybridized carbons (Fsp3) is 0.467. The van der Waals surface area contributed by atoms with Crippen LogP contribution in [0.2, 0.25) is 0 Å². The van der Waals surface area contributed by atoms with Crippen molar-refractivity contribution < 1.29 is 23.5 Å². The van der Waals surface area contributed by atoms with Crippen molar-refractivity contribution in [2.75, 3.05) is 6.54 Å². The number of urea groups is 1. The van der Waals surface area contributed by atoms with E-state index in [4.69, 9.17) is 0 Å². The number of halogens is 2. The highest BCUT2D eigenvalue weighted by Crippen LogP contribution is 2.27. The Balaban J connectivity index is 2.21. The van der Waals surface area contributed by atoms with Crippen molar-refractivity contribution in [1.82, 2.24) is 10.2 Å². The molecule has 120 valence electrons. The average molecular weight is 312 g/mol. The molecule has 0 unspecified atom stereocenters. The van der Waals surface area contributed by atoms with E-state index in [1.807, 2.05) is 0 Å². The molecular formula is C15H18F2N2O3. The molecule has 7 heteroatoms. The zero-order valence-electron chi connectivity index (χ0n) is 12.4. The lowest BCUT2D eigenvalue weighted by atomic mass is 9.93. The van der Waals surface area contributed by atoms with Gasteiger partial charge in [-0.25, -0.2) is 13.6 Å². The number of nitrogens with zero attached hydrogens (tertiary/aromatic N) is 1. The van der Waals surface area contributed by atoms with E-state index in [1.165, 1.54) is 0 Å². The van der Waals surface area contributed by atoms with Crippen molar-refractivity contribution in [3.8, 4) is 0 Å². The highest BCUT2D eigenvalue weighted by molar-refractivity contribution is 6.07. The fourth-order valence-electron chi connectivity index (χ4n) is 2.61. The van der Waals surface area contributed by atoms with E-state index in [2.05, 4.69) is 5.32 Å². The van der Waals surface area contributed by atoms with Gasteiger partial charge in [-0.3, -0.25) is 9.69 Å². The second kappa shape index (κ2) is 6.00. The number of carbonyl (C=O) groups excluding carboxylic acids is 2. The van der Waals surface area contributed by atoms with Crippen LogP contribution in [0.25, 0.3) is 0 Å². The number of hydrogen-bond acceptors (Lipinski definition) is 3. The van der Waals surface area contributed by atoms with Crippen LogP contribution in [0.4, 0.5) is 13.6 Å². The van der Waals surface area contributed by atoms with Gasteiger partial charge in [0.15, 0.2) is 0 Å². The molecule has 0 spiro atoms. The number of amides is 3. The second-order valence-electron chi connectivity index (χ2n) is 5.32. The van der Waals surface area contributed by atoms with Crippen LogP contribution in [0.5, 0.6) is 0 Å². The number of aliphatic hydroxyl groups excluding tert-OH is 1. The molecule has 0 radical (unpaired) electrons. The summed E-state index contributed by atoms with van der Waals surface area (Å²) < 4.78 is 26.8. The van der Waals surface area contributed by atoms with Crippen LogP contribution < -0.4 is 5.32 Å². The summed E-state index contributed by atoms with van der Waals surface area (Å²) in [6.07, 6.45) is -0.667. The number of aliphatic hydroxyl groups is 1. The van der Waals surface area contributed by atoms with Crippen molar-refractivity contribution in [3.05, 3.63) is 35.4 Å². The molecular weight excluding hydrogens is 294 g/mol. The van der Waals surface area contributed by atoms with Crippen molar-refractivity contribution in [1.29, 1.82) is 0 Å². The third-order valence-corrected chi connectivity index (χ3v) is 4.13. The molecule has 2 N–H and O–H groups in total. The lowest BCUT2D eigenvalue weighted by molar-refractivity contribution is -0.132. The Morgan fingerprint density at radius 1 is 1.27 bits per heavy atom. The molecule has 1 heterocycles. The monoisotopic (exact) mass is 312 g/mol. The van der Waals surface area contributed by atoms with Crippen LogP contribution in [0.15, 0.2) is 18.2 Å². The predicted octanol–water partition coefficient (Wildman–Crippen LogP) is 2.11. The first-order valence-electron chi connectivity index (χ1n) is 7.11. The summed E-state index contributed by atoms with van der Waals surface area (Å²) in [5, 5.41) is 12.7. The van der Waals surface area contributed by atoms with Crippen LogP contribution >= 0.6 is 0 Å². The maximum atomic E-state index is 13.6. The highest BCUT2D eigenvalue weighted by atomic mass is 19.1. The number of nitrogens with one attached hydrogen (secondary N) is 1. The Kier molecular flexibility index (Phi) is 4.46. The SMILES string of the molecule is CCC1(CC)NC(=O)N(C[C@@H](O)c2cc(F)ccc2F)C1=O. The average Bonchev–Trinajstić information content (AvgIpc) is 2.74. The van der Waals surface area contributed by atoms with Crippen LogP contribution in [0.3, 0.4) is 0 Å². The van der Waals surface area contributed by atoms with Gasteiger partial charge in [0, 0.05) is 5.56 Å². The molecule has 2 rings (SSSR count). The lowest BCUT2D eigenvalue weighted by Gasteiger charge is -2.24. The van der Waals surface area contributed by atoms with Crippen molar-refractivity contribution >= 4 is 11.9 Å². The van der Waals surface area contributed by atoms with E-state index in [0.29, 0.717) is 12.8 Å². The van der Waals surface area contributed by atoms with E-state index in [9.17, 15) is 23.5 Å². The molecule has 0 bridgehead atoms. The first-order chi connectivity index (χ1) is 10.3. The Bertz CT molecular complexity index is 602. The van der Waals surface area contributed by atoms with Crippen LogP contribution in [-0.2, 0) is 4.79 Å². The van der Waals surface area contributed by atoms with Gasteiger partial charge in [-0.05, 0) is 31.0 Å². The lowest BCUT2D eigenvalue weighted by Crippen LogP contribution is -2.46. The van der Waals surface area contributed by atoms with Gasteiger partial charge in [-0.2, -0.15) is 0 Å². The third kappa shape index (κ3) is 2.68. The number of benzene rings is 1. The number of rotatable bonds is 5. The molecule has 1 aliphatic rings. The summed E-state index contributed by atoms with van der Waals surface area (Å²) in [7, 11) is 0. The topological polar surface area (TPSA) is 69.6 Å². The summed E-state index contributed by atoms with van der Waals surface area (Å²) in [4.78, 5) is 25.2. The van der Waals surface area contributed by atoms with Crippen LogP contribution in [0.1, 0.15) is 38.4 Å². The van der Waals surface area contributed by atoms with E-state index in [-0.39, 0.29) is 5.56 Å². The third-order valence-electron chi connectivity index (χ3n) is 4.13. The van der Waals surface area contributed by atoms with Gasteiger partial charge in [0.25, 0.3) is 5.91 Å². The molecule has 0 aliphatic carbocycles. The normalized spacial score (nSPS) is 18.5. The zero-order chi connectivity index (χ0) is 16.5. The fourth-order valence-corrected chi connectivity index (χ4v) is 2.61. The van der Waals surface area contributed by atoms with Gasteiger partial charge < -0.3 is 10.4 Å². The van der Waals surface area contributed by atoms with Gasteiger partial charge in [0.2, 0.25) is 0 Å². The van der Waals surface area contributed by atoms with Crippen molar-refractivity contribution in [2.24, 2.45) is 0 Å². The largest absolute Gasteiger partial charge is 0.386 e. The number of imide groups is 1. The molecule has 1 fully saturated rings. The second-order valence-corrected chi connectivity index (χ2v) is 5.32. The Morgan fingerprint density at radius 3 is 2.45 bits per heavy atom. The minimum absolute atomic E-state index is 0.286. The smallest absolute Gasteiger partial charge is 0.325 e. The molecule has 1 aromatic carbocycles. The number of carbonyl (C=O) groups is 2. The number of β-amino-alcohol motifs (C(OH)–C–C–N with tert-alkyl or cyclic N) is 1. The summed E-state index contributed by atoms with van der Waals surface area (Å²) in [6.45, 7) is 3.12. The molecule has 1 saturated heterocycles. The molecule has 1 aliphatic heterocycles.